The van der Waals surface area contributed by atoms with Crippen molar-refractivity contribution in [2.24, 2.45) is 0 Å². The standard InChI is InChI=1S/C26H21FO7/c27-21-22(33-24(29)18-12-6-2-7-13-18)20(16-31-23(28)17-10-4-1-5-11-17)32-26(21)34-25(30)19-14-8-3-9-15-19/h1-15,20-22,26H,16H2/t20-,21-,22-,26?/m0/s1. The number of ether oxygens (including phenoxy) is 4. The Balaban J connectivity index is 1.47. The molecule has 0 saturated carbocycles. The number of hydrogen-bond acceptors (Lipinski definition) is 7. The lowest BCUT2D eigenvalue weighted by Gasteiger charge is -2.19. The average Bonchev–Trinajstić information content (AvgIpc) is 3.17. The summed E-state index contributed by atoms with van der Waals surface area (Å²) in [6.45, 7) is -0.416. The zero-order valence-corrected chi connectivity index (χ0v) is 17.9. The second-order valence-electron chi connectivity index (χ2n) is 7.46. The van der Waals surface area contributed by atoms with Crippen molar-refractivity contribution in [1.82, 2.24) is 0 Å². The Kier molecular flexibility index (Phi) is 7.29. The normalized spacial score (nSPS) is 21.4. The second-order valence-corrected chi connectivity index (χ2v) is 7.46. The summed E-state index contributed by atoms with van der Waals surface area (Å²) < 4.78 is 36.6. The summed E-state index contributed by atoms with van der Waals surface area (Å²) >= 11 is 0. The predicted octanol–water partition coefficient (Wildman–Crippen LogP) is 3.99. The number of alkyl halides is 1. The number of esters is 3. The lowest BCUT2D eigenvalue weighted by Crippen LogP contribution is -2.37. The molecule has 1 fully saturated rings. The van der Waals surface area contributed by atoms with Crippen LogP contribution in [0.15, 0.2) is 91.0 Å². The number of rotatable bonds is 7. The Bertz CT molecular complexity index is 1120. The number of carbonyl (C=O) groups excluding carboxylic acids is 3. The summed E-state index contributed by atoms with van der Waals surface area (Å²) in [6, 6.07) is 24.2. The van der Waals surface area contributed by atoms with Crippen molar-refractivity contribution in [2.45, 2.75) is 24.7 Å². The molecular formula is C26H21FO7. The molecule has 0 bridgehead atoms. The maximum atomic E-state index is 15.3. The van der Waals surface area contributed by atoms with Crippen molar-refractivity contribution in [3.05, 3.63) is 108 Å². The Labute approximate surface area is 195 Å². The fraction of sp³-hybridized carbons (Fsp3) is 0.192. The van der Waals surface area contributed by atoms with Crippen molar-refractivity contribution in [1.29, 1.82) is 0 Å². The van der Waals surface area contributed by atoms with Crippen molar-refractivity contribution in [3.63, 3.8) is 0 Å². The number of carbonyl (C=O) groups is 3. The molecule has 3 aromatic rings. The molecule has 0 aromatic heterocycles. The zero-order chi connectivity index (χ0) is 23.9. The molecule has 0 aliphatic carbocycles. The van der Waals surface area contributed by atoms with Crippen molar-refractivity contribution in [3.8, 4) is 0 Å². The summed E-state index contributed by atoms with van der Waals surface area (Å²) in [7, 11) is 0. The monoisotopic (exact) mass is 464 g/mol. The van der Waals surface area contributed by atoms with E-state index in [2.05, 4.69) is 0 Å². The molecule has 0 amide bonds. The predicted molar refractivity (Wildman–Crippen MR) is 118 cm³/mol. The highest BCUT2D eigenvalue weighted by atomic mass is 19.1. The minimum Gasteiger partial charge on any atom is -0.459 e. The highest BCUT2D eigenvalue weighted by Crippen LogP contribution is 2.29. The van der Waals surface area contributed by atoms with Gasteiger partial charge in [-0.15, -0.1) is 0 Å². The van der Waals surface area contributed by atoms with Gasteiger partial charge in [-0.2, -0.15) is 0 Å². The topological polar surface area (TPSA) is 88.1 Å². The van der Waals surface area contributed by atoms with Crippen LogP contribution in [-0.4, -0.2) is 49.2 Å². The molecule has 4 atom stereocenters. The molecule has 3 aromatic carbocycles. The van der Waals surface area contributed by atoms with Gasteiger partial charge in [0.25, 0.3) is 0 Å². The van der Waals surface area contributed by atoms with E-state index in [1.807, 2.05) is 0 Å². The molecule has 7 nitrogen and oxygen atoms in total. The summed E-state index contributed by atoms with van der Waals surface area (Å²) in [6.07, 6.45) is -6.31. The van der Waals surface area contributed by atoms with Crippen LogP contribution in [-0.2, 0) is 18.9 Å². The first-order valence-corrected chi connectivity index (χ1v) is 10.6. The molecule has 1 heterocycles. The highest BCUT2D eigenvalue weighted by molar-refractivity contribution is 5.90. The van der Waals surface area contributed by atoms with Gasteiger partial charge in [-0.25, -0.2) is 18.8 Å². The summed E-state index contributed by atoms with van der Waals surface area (Å²) in [5, 5.41) is 0. The van der Waals surface area contributed by atoms with E-state index >= 15 is 4.39 Å². The number of halogens is 1. The van der Waals surface area contributed by atoms with Gasteiger partial charge in [0.2, 0.25) is 12.5 Å². The van der Waals surface area contributed by atoms with E-state index in [-0.39, 0.29) is 11.1 Å². The molecule has 1 aliphatic heterocycles. The summed E-state index contributed by atoms with van der Waals surface area (Å²) in [5.41, 5.74) is 0.705. The van der Waals surface area contributed by atoms with Crippen LogP contribution in [0.25, 0.3) is 0 Å². The van der Waals surface area contributed by atoms with Crippen molar-refractivity contribution >= 4 is 17.9 Å². The largest absolute Gasteiger partial charge is 0.459 e. The lowest BCUT2D eigenvalue weighted by molar-refractivity contribution is -0.129. The van der Waals surface area contributed by atoms with Gasteiger partial charge in [0.1, 0.15) is 12.7 Å². The molecule has 0 N–H and O–H groups in total. The third-order valence-electron chi connectivity index (χ3n) is 5.12. The number of hydrogen-bond donors (Lipinski definition) is 0. The molecule has 0 spiro atoms. The first kappa shape index (κ1) is 23.1. The Hall–Kier alpha value is -4.04. The SMILES string of the molecule is O=C(OC[C@@H]1OC(OC(=O)c2ccccc2)[C@@H](F)[C@H]1OC(=O)c1ccccc1)c1ccccc1. The van der Waals surface area contributed by atoms with E-state index < -0.39 is 49.2 Å². The smallest absolute Gasteiger partial charge is 0.340 e. The summed E-state index contributed by atoms with van der Waals surface area (Å²) in [4.78, 5) is 37.2. The van der Waals surface area contributed by atoms with Gasteiger partial charge >= 0.3 is 17.9 Å². The molecule has 34 heavy (non-hydrogen) atoms. The Morgan fingerprint density at radius 1 is 0.676 bits per heavy atom. The van der Waals surface area contributed by atoms with E-state index in [9.17, 15) is 14.4 Å². The molecule has 1 aliphatic rings. The quantitative estimate of drug-likeness (QED) is 0.386. The highest BCUT2D eigenvalue weighted by Gasteiger charge is 2.50. The van der Waals surface area contributed by atoms with Gasteiger partial charge in [0, 0.05) is 0 Å². The molecule has 4 rings (SSSR count). The molecule has 174 valence electrons. The fourth-order valence-corrected chi connectivity index (χ4v) is 3.38. The Morgan fingerprint density at radius 2 is 1.12 bits per heavy atom. The zero-order valence-electron chi connectivity index (χ0n) is 17.9. The van der Waals surface area contributed by atoms with Crippen LogP contribution in [0, 0.1) is 0 Å². The summed E-state index contributed by atoms with van der Waals surface area (Å²) in [5.74, 6) is -2.24. The average molecular weight is 464 g/mol. The van der Waals surface area contributed by atoms with E-state index in [1.165, 1.54) is 24.3 Å². The molecule has 0 radical (unpaired) electrons. The van der Waals surface area contributed by atoms with Gasteiger partial charge in [0.05, 0.1) is 16.7 Å². The second kappa shape index (κ2) is 10.7. The maximum absolute atomic E-state index is 15.3. The molecule has 1 saturated heterocycles. The van der Waals surface area contributed by atoms with E-state index in [0.717, 1.165) is 0 Å². The van der Waals surface area contributed by atoms with Gasteiger partial charge < -0.3 is 18.9 Å². The van der Waals surface area contributed by atoms with Crippen LogP contribution in [0.2, 0.25) is 0 Å². The van der Waals surface area contributed by atoms with Gasteiger partial charge in [-0.1, -0.05) is 54.6 Å². The van der Waals surface area contributed by atoms with Gasteiger partial charge in [-0.3, -0.25) is 0 Å². The minimum absolute atomic E-state index is 0.204. The third-order valence-corrected chi connectivity index (χ3v) is 5.12. The van der Waals surface area contributed by atoms with E-state index in [4.69, 9.17) is 18.9 Å². The molecule has 1 unspecified atom stereocenters. The van der Waals surface area contributed by atoms with E-state index in [1.54, 1.807) is 66.7 Å². The van der Waals surface area contributed by atoms with Crippen LogP contribution in [0.5, 0.6) is 0 Å². The van der Waals surface area contributed by atoms with Crippen LogP contribution in [0.1, 0.15) is 31.1 Å². The Morgan fingerprint density at radius 3 is 1.62 bits per heavy atom. The fourth-order valence-electron chi connectivity index (χ4n) is 3.38. The number of benzene rings is 3. The molecule has 8 heteroatoms. The van der Waals surface area contributed by atoms with E-state index in [0.29, 0.717) is 5.56 Å². The van der Waals surface area contributed by atoms with Crippen LogP contribution in [0.4, 0.5) is 4.39 Å². The van der Waals surface area contributed by atoms with Crippen LogP contribution in [0.3, 0.4) is 0 Å². The van der Waals surface area contributed by atoms with Crippen LogP contribution >= 0.6 is 0 Å². The molecular weight excluding hydrogens is 443 g/mol. The maximum Gasteiger partial charge on any atom is 0.340 e. The van der Waals surface area contributed by atoms with Crippen LogP contribution < -0.4 is 0 Å². The van der Waals surface area contributed by atoms with Crippen molar-refractivity contribution in [2.75, 3.05) is 6.61 Å². The van der Waals surface area contributed by atoms with Gasteiger partial charge in [0.15, 0.2) is 6.10 Å². The van der Waals surface area contributed by atoms with Gasteiger partial charge in [-0.05, 0) is 36.4 Å². The third kappa shape index (κ3) is 5.47. The first-order valence-electron chi connectivity index (χ1n) is 10.6. The minimum atomic E-state index is -2.00. The van der Waals surface area contributed by atoms with Crippen molar-refractivity contribution < 1.29 is 37.7 Å². The lowest BCUT2D eigenvalue weighted by atomic mass is 10.1. The first-order chi connectivity index (χ1) is 16.5.